The molecule has 0 aliphatic heterocycles. The van der Waals surface area contributed by atoms with E-state index in [0.29, 0.717) is 17.0 Å². The molecule has 0 saturated heterocycles. The van der Waals surface area contributed by atoms with Gasteiger partial charge in [0.15, 0.2) is 0 Å². The highest BCUT2D eigenvalue weighted by molar-refractivity contribution is 6.32. The van der Waals surface area contributed by atoms with Gasteiger partial charge < -0.3 is 10.4 Å². The maximum atomic E-state index is 10.3. The summed E-state index contributed by atoms with van der Waals surface area (Å²) in [5.41, 5.74) is 2.33. The van der Waals surface area contributed by atoms with Crippen molar-refractivity contribution in [2.75, 3.05) is 5.32 Å². The molecule has 2 aromatic rings. The third-order valence-electron chi connectivity index (χ3n) is 3.35. The Morgan fingerprint density at radius 2 is 1.95 bits per heavy atom. The SMILES string of the molecule is CC(Nc1ccc(C#N)c(Cl)c1)C(O)Cc1ccccc1. The molecule has 0 aliphatic carbocycles. The van der Waals surface area contributed by atoms with E-state index in [1.807, 2.05) is 43.3 Å². The van der Waals surface area contributed by atoms with Crippen molar-refractivity contribution >= 4 is 17.3 Å². The molecule has 0 spiro atoms. The topological polar surface area (TPSA) is 56.0 Å². The number of nitrogens with zero attached hydrogens (tertiary/aromatic N) is 1. The fourth-order valence-corrected chi connectivity index (χ4v) is 2.31. The second-order valence-electron chi connectivity index (χ2n) is 5.00. The first-order chi connectivity index (χ1) is 10.1. The van der Waals surface area contributed by atoms with Crippen molar-refractivity contribution < 1.29 is 5.11 Å². The molecule has 0 heterocycles. The first-order valence-electron chi connectivity index (χ1n) is 6.78. The minimum absolute atomic E-state index is 0.130. The normalized spacial score (nSPS) is 13.2. The molecule has 3 nitrogen and oxygen atoms in total. The molecule has 4 heteroatoms. The van der Waals surface area contributed by atoms with Crippen LogP contribution in [0.1, 0.15) is 18.1 Å². The number of benzene rings is 2. The Labute approximate surface area is 129 Å². The molecule has 2 N–H and O–H groups in total. The van der Waals surface area contributed by atoms with Gasteiger partial charge in [-0.25, -0.2) is 0 Å². The van der Waals surface area contributed by atoms with Gasteiger partial charge in [-0.3, -0.25) is 0 Å². The number of anilines is 1. The molecule has 108 valence electrons. The Morgan fingerprint density at radius 1 is 1.24 bits per heavy atom. The van der Waals surface area contributed by atoms with E-state index in [1.54, 1.807) is 18.2 Å². The predicted molar refractivity (Wildman–Crippen MR) is 85.4 cm³/mol. The largest absolute Gasteiger partial charge is 0.391 e. The lowest BCUT2D eigenvalue weighted by molar-refractivity contribution is 0.158. The molecule has 0 aliphatic rings. The lowest BCUT2D eigenvalue weighted by atomic mass is 10.0. The summed E-state index contributed by atoms with van der Waals surface area (Å²) in [6.45, 7) is 1.92. The molecule has 21 heavy (non-hydrogen) atoms. The highest BCUT2D eigenvalue weighted by Crippen LogP contribution is 2.21. The Bertz CT molecular complexity index is 637. The maximum Gasteiger partial charge on any atom is 0.101 e. The summed E-state index contributed by atoms with van der Waals surface area (Å²) in [5.74, 6) is 0. The van der Waals surface area contributed by atoms with Crippen LogP contribution >= 0.6 is 11.6 Å². The van der Waals surface area contributed by atoms with E-state index in [4.69, 9.17) is 16.9 Å². The Kier molecular flexibility index (Phi) is 5.21. The zero-order valence-electron chi connectivity index (χ0n) is 11.8. The van der Waals surface area contributed by atoms with Crippen LogP contribution in [0.2, 0.25) is 5.02 Å². The van der Waals surface area contributed by atoms with Gasteiger partial charge in [0.1, 0.15) is 6.07 Å². The van der Waals surface area contributed by atoms with Crippen molar-refractivity contribution in [2.45, 2.75) is 25.5 Å². The van der Waals surface area contributed by atoms with Crippen molar-refractivity contribution in [2.24, 2.45) is 0 Å². The Balaban J connectivity index is 1.99. The quantitative estimate of drug-likeness (QED) is 0.887. The van der Waals surface area contributed by atoms with Crippen LogP contribution in [0.3, 0.4) is 0 Å². The van der Waals surface area contributed by atoms with Gasteiger partial charge in [-0.1, -0.05) is 41.9 Å². The van der Waals surface area contributed by atoms with Gasteiger partial charge in [0.05, 0.1) is 16.7 Å². The van der Waals surface area contributed by atoms with E-state index in [-0.39, 0.29) is 6.04 Å². The summed E-state index contributed by atoms with van der Waals surface area (Å²) in [6, 6.07) is 16.9. The van der Waals surface area contributed by atoms with Crippen molar-refractivity contribution in [3.05, 3.63) is 64.7 Å². The van der Waals surface area contributed by atoms with Crippen LogP contribution in [0.5, 0.6) is 0 Å². The van der Waals surface area contributed by atoms with Gasteiger partial charge in [0.2, 0.25) is 0 Å². The monoisotopic (exact) mass is 300 g/mol. The lowest BCUT2D eigenvalue weighted by Crippen LogP contribution is -2.32. The number of hydrogen-bond acceptors (Lipinski definition) is 3. The van der Waals surface area contributed by atoms with Crippen LogP contribution in [0.15, 0.2) is 48.5 Å². The summed E-state index contributed by atoms with van der Waals surface area (Å²) >= 11 is 6.00. The second-order valence-corrected chi connectivity index (χ2v) is 5.40. The van der Waals surface area contributed by atoms with Crippen molar-refractivity contribution in [3.63, 3.8) is 0 Å². The highest BCUT2D eigenvalue weighted by atomic mass is 35.5. The van der Waals surface area contributed by atoms with E-state index in [0.717, 1.165) is 11.3 Å². The highest BCUT2D eigenvalue weighted by Gasteiger charge is 2.15. The van der Waals surface area contributed by atoms with E-state index < -0.39 is 6.10 Å². The average Bonchev–Trinajstić information content (AvgIpc) is 2.48. The summed E-state index contributed by atoms with van der Waals surface area (Å²) in [5, 5.41) is 22.7. The molecule has 0 amide bonds. The predicted octanol–water partition coefficient (Wildman–Crippen LogP) is 3.62. The van der Waals surface area contributed by atoms with Crippen LogP contribution in [0.4, 0.5) is 5.69 Å². The number of nitriles is 1. The molecule has 2 atom stereocenters. The lowest BCUT2D eigenvalue weighted by Gasteiger charge is -2.21. The second kappa shape index (κ2) is 7.12. The molecule has 0 saturated carbocycles. The van der Waals surface area contributed by atoms with Crippen LogP contribution in [-0.2, 0) is 6.42 Å². The maximum absolute atomic E-state index is 10.3. The summed E-state index contributed by atoms with van der Waals surface area (Å²) in [7, 11) is 0. The van der Waals surface area contributed by atoms with Crippen molar-refractivity contribution in [3.8, 4) is 6.07 Å². The van der Waals surface area contributed by atoms with E-state index in [2.05, 4.69) is 5.32 Å². The third kappa shape index (κ3) is 4.22. The van der Waals surface area contributed by atoms with E-state index >= 15 is 0 Å². The average molecular weight is 301 g/mol. The smallest absolute Gasteiger partial charge is 0.101 e. The zero-order valence-corrected chi connectivity index (χ0v) is 12.5. The first-order valence-corrected chi connectivity index (χ1v) is 7.16. The van der Waals surface area contributed by atoms with Gasteiger partial charge in [0, 0.05) is 18.2 Å². The number of hydrogen-bond donors (Lipinski definition) is 2. The van der Waals surface area contributed by atoms with Crippen LogP contribution in [0, 0.1) is 11.3 Å². The fraction of sp³-hybridized carbons (Fsp3) is 0.235. The van der Waals surface area contributed by atoms with E-state index in [9.17, 15) is 5.11 Å². The molecule has 0 bridgehead atoms. The molecular weight excluding hydrogens is 284 g/mol. The molecular formula is C17H17ClN2O. The molecule has 2 rings (SSSR count). The molecule has 2 aromatic carbocycles. The minimum Gasteiger partial charge on any atom is -0.391 e. The van der Waals surface area contributed by atoms with Crippen molar-refractivity contribution in [1.82, 2.24) is 0 Å². The van der Waals surface area contributed by atoms with Gasteiger partial charge in [0.25, 0.3) is 0 Å². The van der Waals surface area contributed by atoms with Crippen LogP contribution < -0.4 is 5.32 Å². The van der Waals surface area contributed by atoms with Gasteiger partial charge in [-0.15, -0.1) is 0 Å². The van der Waals surface area contributed by atoms with Crippen molar-refractivity contribution in [1.29, 1.82) is 5.26 Å². The number of halogens is 1. The van der Waals surface area contributed by atoms with Gasteiger partial charge in [-0.05, 0) is 30.7 Å². The third-order valence-corrected chi connectivity index (χ3v) is 3.66. The van der Waals surface area contributed by atoms with E-state index in [1.165, 1.54) is 0 Å². The summed E-state index contributed by atoms with van der Waals surface area (Å²) in [6.07, 6.45) is 0.0702. The molecule has 0 aromatic heterocycles. The van der Waals surface area contributed by atoms with Gasteiger partial charge in [-0.2, -0.15) is 5.26 Å². The number of aliphatic hydroxyl groups is 1. The standard InChI is InChI=1S/C17H17ClN2O/c1-12(17(21)9-13-5-3-2-4-6-13)20-15-8-7-14(11-19)16(18)10-15/h2-8,10,12,17,20-21H,9H2,1H3. The first kappa shape index (κ1) is 15.4. The molecule has 0 radical (unpaired) electrons. The van der Waals surface area contributed by atoms with Crippen LogP contribution in [-0.4, -0.2) is 17.3 Å². The summed E-state index contributed by atoms with van der Waals surface area (Å²) < 4.78 is 0. The molecule has 2 unspecified atom stereocenters. The Hall–Kier alpha value is -2.02. The number of aliphatic hydroxyl groups excluding tert-OH is 1. The minimum atomic E-state index is -0.512. The zero-order chi connectivity index (χ0) is 15.2. The summed E-state index contributed by atoms with van der Waals surface area (Å²) in [4.78, 5) is 0. The Morgan fingerprint density at radius 3 is 2.57 bits per heavy atom. The fourth-order valence-electron chi connectivity index (χ4n) is 2.09. The number of nitrogens with one attached hydrogen (secondary N) is 1. The molecule has 0 fully saturated rings. The van der Waals surface area contributed by atoms with Gasteiger partial charge >= 0.3 is 0 Å². The van der Waals surface area contributed by atoms with Crippen LogP contribution in [0.25, 0.3) is 0 Å². The number of rotatable bonds is 5.